The molecule has 3 heterocycles. The van der Waals surface area contributed by atoms with Gasteiger partial charge >= 0.3 is 0 Å². The van der Waals surface area contributed by atoms with Gasteiger partial charge in [-0.25, -0.2) is 0 Å². The highest BCUT2D eigenvalue weighted by atomic mass is 16.5. The number of amides is 1. The normalized spacial score (nSPS) is 17.4. The molecule has 0 aliphatic carbocycles. The van der Waals surface area contributed by atoms with Crippen LogP contribution in [0.4, 0.5) is 0 Å². The van der Waals surface area contributed by atoms with Gasteiger partial charge in [0, 0.05) is 31.4 Å². The van der Waals surface area contributed by atoms with Crippen molar-refractivity contribution in [3.05, 3.63) is 59.6 Å². The maximum Gasteiger partial charge on any atom is 0.239 e. The first-order valence-electron chi connectivity index (χ1n) is 8.17. The van der Waals surface area contributed by atoms with Crippen molar-refractivity contribution in [1.82, 2.24) is 19.8 Å². The maximum atomic E-state index is 12.1. The van der Waals surface area contributed by atoms with Gasteiger partial charge in [-0.1, -0.05) is 29.4 Å². The third kappa shape index (κ3) is 2.94. The summed E-state index contributed by atoms with van der Waals surface area (Å²) < 4.78 is 7.18. The molecule has 2 N–H and O–H groups in total. The van der Waals surface area contributed by atoms with Crippen LogP contribution in [-0.2, 0) is 24.8 Å². The van der Waals surface area contributed by atoms with Crippen molar-refractivity contribution >= 4 is 5.91 Å². The summed E-state index contributed by atoms with van der Waals surface area (Å²) in [6.07, 6.45) is 4.50. The molecule has 2 aromatic heterocycles. The quantitative estimate of drug-likeness (QED) is 0.782. The second-order valence-corrected chi connectivity index (χ2v) is 6.31. The summed E-state index contributed by atoms with van der Waals surface area (Å²) in [5, 5.41) is 8.25. The van der Waals surface area contributed by atoms with Crippen LogP contribution in [0.25, 0.3) is 11.3 Å². The van der Waals surface area contributed by atoms with E-state index in [2.05, 4.69) is 16.3 Å². The lowest BCUT2D eigenvalue weighted by atomic mass is 9.92. The third-order valence-electron chi connectivity index (χ3n) is 4.57. The van der Waals surface area contributed by atoms with Crippen molar-refractivity contribution in [2.75, 3.05) is 6.54 Å². The number of carbonyl (C=O) groups excluding carboxylic acids is 1. The largest absolute Gasteiger partial charge is 0.368 e. The molecule has 0 fully saturated rings. The molecule has 0 saturated carbocycles. The highest BCUT2D eigenvalue weighted by Crippen LogP contribution is 2.31. The number of benzene rings is 1. The summed E-state index contributed by atoms with van der Waals surface area (Å²) in [6, 6.07) is 9.39. The number of nitrogens with two attached hydrogens (primary N) is 1. The van der Waals surface area contributed by atoms with E-state index in [1.54, 1.807) is 10.9 Å². The summed E-state index contributed by atoms with van der Waals surface area (Å²) >= 11 is 0. The first-order chi connectivity index (χ1) is 12.1. The SMILES string of the molecule is Cn1cc(-c2cc(CN3CCc4ccccc4C3C(N)=O)on2)cn1. The van der Waals surface area contributed by atoms with Gasteiger partial charge < -0.3 is 10.3 Å². The molecule has 0 radical (unpaired) electrons. The molecule has 1 aliphatic rings. The molecule has 0 spiro atoms. The molecule has 1 aliphatic heterocycles. The van der Waals surface area contributed by atoms with Crippen LogP contribution in [0.2, 0.25) is 0 Å². The minimum Gasteiger partial charge on any atom is -0.368 e. The van der Waals surface area contributed by atoms with E-state index in [1.807, 2.05) is 42.4 Å². The molecule has 0 bridgehead atoms. The van der Waals surface area contributed by atoms with Gasteiger partial charge in [-0.3, -0.25) is 14.4 Å². The van der Waals surface area contributed by atoms with Crippen LogP contribution in [-0.4, -0.2) is 32.3 Å². The Morgan fingerprint density at radius 3 is 3.00 bits per heavy atom. The summed E-state index contributed by atoms with van der Waals surface area (Å²) in [7, 11) is 1.85. The Kier molecular flexibility index (Phi) is 3.85. The second kappa shape index (κ2) is 6.18. The Morgan fingerprint density at radius 1 is 1.40 bits per heavy atom. The van der Waals surface area contributed by atoms with Crippen LogP contribution < -0.4 is 5.73 Å². The zero-order chi connectivity index (χ0) is 17.4. The average molecular weight is 337 g/mol. The molecule has 1 amide bonds. The standard InChI is InChI=1S/C18H19N5O2/c1-22-10-13(9-20-22)16-8-14(25-21-16)11-23-7-6-12-4-2-3-5-15(12)17(23)18(19)24/h2-5,8-10,17H,6-7,11H2,1H3,(H2,19,24). The van der Waals surface area contributed by atoms with Gasteiger partial charge in [0.2, 0.25) is 5.91 Å². The lowest BCUT2D eigenvalue weighted by molar-refractivity contribution is -0.124. The van der Waals surface area contributed by atoms with Crippen molar-refractivity contribution in [3.63, 3.8) is 0 Å². The van der Waals surface area contributed by atoms with Crippen molar-refractivity contribution in [2.24, 2.45) is 12.8 Å². The number of rotatable bonds is 4. The fourth-order valence-electron chi connectivity index (χ4n) is 3.40. The maximum absolute atomic E-state index is 12.1. The second-order valence-electron chi connectivity index (χ2n) is 6.31. The Balaban J connectivity index is 1.58. The Morgan fingerprint density at radius 2 is 2.24 bits per heavy atom. The zero-order valence-electron chi connectivity index (χ0n) is 13.9. The predicted octanol–water partition coefficient (Wildman–Crippen LogP) is 1.66. The molecule has 128 valence electrons. The predicted molar refractivity (Wildman–Crippen MR) is 91.2 cm³/mol. The molecule has 4 rings (SSSR count). The third-order valence-corrected chi connectivity index (χ3v) is 4.57. The fourth-order valence-corrected chi connectivity index (χ4v) is 3.40. The van der Waals surface area contributed by atoms with Gasteiger partial charge in [0.15, 0.2) is 5.76 Å². The molecule has 0 saturated heterocycles. The van der Waals surface area contributed by atoms with Gasteiger partial charge in [0.25, 0.3) is 0 Å². The average Bonchev–Trinajstić information content (AvgIpc) is 3.23. The first-order valence-corrected chi connectivity index (χ1v) is 8.17. The molecule has 3 aromatic rings. The van der Waals surface area contributed by atoms with Crippen LogP contribution >= 0.6 is 0 Å². The van der Waals surface area contributed by atoms with E-state index in [0.29, 0.717) is 12.3 Å². The van der Waals surface area contributed by atoms with E-state index in [1.165, 1.54) is 5.56 Å². The number of primary amides is 1. The van der Waals surface area contributed by atoms with Gasteiger partial charge in [0.1, 0.15) is 11.7 Å². The van der Waals surface area contributed by atoms with Crippen LogP contribution in [0.5, 0.6) is 0 Å². The van der Waals surface area contributed by atoms with E-state index in [0.717, 1.165) is 29.8 Å². The molecule has 1 aromatic carbocycles. The van der Waals surface area contributed by atoms with E-state index in [-0.39, 0.29) is 5.91 Å². The number of carbonyl (C=O) groups is 1. The van der Waals surface area contributed by atoms with Crippen molar-refractivity contribution in [2.45, 2.75) is 19.0 Å². The topological polar surface area (TPSA) is 90.2 Å². The van der Waals surface area contributed by atoms with Gasteiger partial charge in [-0.15, -0.1) is 0 Å². The Labute approximate surface area is 145 Å². The van der Waals surface area contributed by atoms with Crippen molar-refractivity contribution in [3.8, 4) is 11.3 Å². The Hall–Kier alpha value is -2.93. The van der Waals surface area contributed by atoms with Crippen LogP contribution in [0, 0.1) is 0 Å². The van der Waals surface area contributed by atoms with Crippen molar-refractivity contribution in [1.29, 1.82) is 0 Å². The number of hydrogen-bond acceptors (Lipinski definition) is 5. The smallest absolute Gasteiger partial charge is 0.239 e. The lowest BCUT2D eigenvalue weighted by Gasteiger charge is -2.34. The van der Waals surface area contributed by atoms with Gasteiger partial charge in [0.05, 0.1) is 12.7 Å². The molecule has 25 heavy (non-hydrogen) atoms. The number of aromatic nitrogens is 3. The monoisotopic (exact) mass is 337 g/mol. The molecular weight excluding hydrogens is 318 g/mol. The first kappa shape index (κ1) is 15.6. The molecule has 1 atom stereocenters. The van der Waals surface area contributed by atoms with Crippen LogP contribution in [0.15, 0.2) is 47.2 Å². The minimum absolute atomic E-state index is 0.348. The highest BCUT2D eigenvalue weighted by molar-refractivity contribution is 5.82. The minimum atomic E-state index is -0.447. The molecule has 7 nitrogen and oxygen atoms in total. The van der Waals surface area contributed by atoms with Crippen LogP contribution in [0.1, 0.15) is 22.9 Å². The molecular formula is C18H19N5O2. The highest BCUT2D eigenvalue weighted by Gasteiger charge is 2.32. The number of hydrogen-bond donors (Lipinski definition) is 1. The Bertz CT molecular complexity index is 914. The van der Waals surface area contributed by atoms with E-state index in [9.17, 15) is 4.79 Å². The van der Waals surface area contributed by atoms with Crippen molar-refractivity contribution < 1.29 is 9.32 Å². The van der Waals surface area contributed by atoms with Gasteiger partial charge in [-0.2, -0.15) is 5.10 Å². The zero-order valence-corrected chi connectivity index (χ0v) is 13.9. The van der Waals surface area contributed by atoms with E-state index < -0.39 is 6.04 Å². The molecule has 1 unspecified atom stereocenters. The van der Waals surface area contributed by atoms with E-state index in [4.69, 9.17) is 10.3 Å². The number of fused-ring (bicyclic) bond motifs is 1. The fraction of sp³-hybridized carbons (Fsp3) is 0.278. The summed E-state index contributed by atoms with van der Waals surface area (Å²) in [6.45, 7) is 1.22. The van der Waals surface area contributed by atoms with Crippen LogP contribution in [0.3, 0.4) is 0 Å². The number of aryl methyl sites for hydroxylation is 1. The summed E-state index contributed by atoms with van der Waals surface area (Å²) in [5.74, 6) is 0.351. The summed E-state index contributed by atoms with van der Waals surface area (Å²) in [5.41, 5.74) is 9.47. The van der Waals surface area contributed by atoms with Gasteiger partial charge in [-0.05, 0) is 17.5 Å². The number of nitrogens with zero attached hydrogens (tertiary/aromatic N) is 4. The molecule has 7 heteroatoms. The lowest BCUT2D eigenvalue weighted by Crippen LogP contribution is -2.42. The summed E-state index contributed by atoms with van der Waals surface area (Å²) in [4.78, 5) is 14.1. The van der Waals surface area contributed by atoms with E-state index >= 15 is 0 Å².